The third kappa shape index (κ3) is 2.23. The van der Waals surface area contributed by atoms with Gasteiger partial charge in [-0.05, 0) is 12.5 Å². The molecule has 0 aromatic heterocycles. The first-order chi connectivity index (χ1) is 6.11. The van der Waals surface area contributed by atoms with Crippen LogP contribution in [0.2, 0.25) is 0 Å². The van der Waals surface area contributed by atoms with Crippen molar-refractivity contribution in [1.82, 2.24) is 5.43 Å². The van der Waals surface area contributed by atoms with Gasteiger partial charge in [0, 0.05) is 0 Å². The number of carboxylic acids is 1. The number of hydrogen-bond donors (Lipinski definition) is 3. The van der Waals surface area contributed by atoms with Gasteiger partial charge in [0.1, 0.15) is 0 Å². The normalized spacial score (nSPS) is 13.9. The lowest BCUT2D eigenvalue weighted by atomic mass is 9.93. The molecule has 0 radical (unpaired) electrons. The summed E-state index contributed by atoms with van der Waals surface area (Å²) < 4.78 is 0. The second kappa shape index (κ2) is 4.95. The van der Waals surface area contributed by atoms with E-state index in [4.69, 9.17) is 10.9 Å². The van der Waals surface area contributed by atoms with Crippen molar-refractivity contribution in [2.75, 3.05) is 0 Å². The highest BCUT2D eigenvalue weighted by Gasteiger charge is 2.33. The van der Waals surface area contributed by atoms with Crippen molar-refractivity contribution in [2.24, 2.45) is 5.84 Å². The van der Waals surface area contributed by atoms with E-state index in [9.17, 15) is 4.79 Å². The molecule has 78 valence electrons. The van der Waals surface area contributed by atoms with E-state index in [1.54, 1.807) is 24.3 Å². The molecule has 5 heteroatoms. The van der Waals surface area contributed by atoms with Gasteiger partial charge in [0.25, 0.3) is 0 Å². The van der Waals surface area contributed by atoms with Gasteiger partial charge in [0.15, 0.2) is 5.54 Å². The lowest BCUT2D eigenvalue weighted by molar-refractivity contribution is -0.144. The van der Waals surface area contributed by atoms with E-state index in [0.29, 0.717) is 5.56 Å². The van der Waals surface area contributed by atoms with Crippen LogP contribution >= 0.6 is 12.4 Å². The number of hydrogen-bond acceptors (Lipinski definition) is 3. The van der Waals surface area contributed by atoms with Crippen molar-refractivity contribution in [3.63, 3.8) is 0 Å². The van der Waals surface area contributed by atoms with Crippen LogP contribution in [0.5, 0.6) is 0 Å². The Morgan fingerprint density at radius 2 is 1.93 bits per heavy atom. The second-order valence-electron chi connectivity index (χ2n) is 2.94. The van der Waals surface area contributed by atoms with Crippen LogP contribution in [0.3, 0.4) is 0 Å². The minimum atomic E-state index is -1.22. The molecule has 0 bridgehead atoms. The Bertz CT molecular complexity index is 305. The maximum absolute atomic E-state index is 10.9. The van der Waals surface area contributed by atoms with Crippen LogP contribution in [0, 0.1) is 0 Å². The van der Waals surface area contributed by atoms with Crippen LogP contribution in [-0.4, -0.2) is 11.1 Å². The SMILES string of the molecule is C[C@](NN)(C(=O)O)c1ccccc1.Cl. The molecule has 0 saturated heterocycles. The summed E-state index contributed by atoms with van der Waals surface area (Å²) in [4.78, 5) is 10.9. The standard InChI is InChI=1S/C9H12N2O2.ClH/c1-9(11-10,8(12)13)7-5-3-2-4-6-7;/h2-6,11H,10H2,1H3,(H,12,13);1H/t9-;/m1./s1. The summed E-state index contributed by atoms with van der Waals surface area (Å²) in [5, 5.41) is 8.94. The molecule has 1 aromatic rings. The first-order valence-electron chi connectivity index (χ1n) is 3.88. The molecule has 0 heterocycles. The van der Waals surface area contributed by atoms with Crippen molar-refractivity contribution in [3.05, 3.63) is 35.9 Å². The number of carboxylic acid groups (broad SMARTS) is 1. The molecule has 1 atom stereocenters. The number of benzene rings is 1. The Hall–Kier alpha value is -1.10. The molecule has 4 N–H and O–H groups in total. The van der Waals surface area contributed by atoms with Crippen LogP contribution in [0.1, 0.15) is 12.5 Å². The highest BCUT2D eigenvalue weighted by molar-refractivity contribution is 5.85. The number of nitrogens with one attached hydrogen (secondary N) is 1. The van der Waals surface area contributed by atoms with E-state index in [0.717, 1.165) is 0 Å². The Morgan fingerprint density at radius 1 is 1.43 bits per heavy atom. The van der Waals surface area contributed by atoms with E-state index in [2.05, 4.69) is 5.43 Å². The summed E-state index contributed by atoms with van der Waals surface area (Å²) >= 11 is 0. The number of hydrazine groups is 1. The lowest BCUT2D eigenvalue weighted by Gasteiger charge is -2.23. The van der Waals surface area contributed by atoms with Gasteiger partial charge in [0.05, 0.1) is 0 Å². The molecule has 0 saturated carbocycles. The van der Waals surface area contributed by atoms with Crippen LogP contribution in [0.15, 0.2) is 30.3 Å². The molecule has 0 unspecified atom stereocenters. The molecule has 0 aliphatic carbocycles. The maximum Gasteiger partial charge on any atom is 0.329 e. The molecular formula is C9H13ClN2O2. The fourth-order valence-corrected chi connectivity index (χ4v) is 1.04. The third-order valence-corrected chi connectivity index (χ3v) is 2.07. The quantitative estimate of drug-likeness (QED) is 0.518. The molecule has 0 fully saturated rings. The number of aliphatic carboxylic acids is 1. The predicted molar refractivity (Wildman–Crippen MR) is 56.0 cm³/mol. The fraction of sp³-hybridized carbons (Fsp3) is 0.222. The summed E-state index contributed by atoms with van der Waals surface area (Å²) in [5.41, 5.74) is 1.70. The van der Waals surface area contributed by atoms with Gasteiger partial charge in [-0.3, -0.25) is 5.84 Å². The number of rotatable bonds is 3. The van der Waals surface area contributed by atoms with Gasteiger partial charge in [-0.15, -0.1) is 12.4 Å². The van der Waals surface area contributed by atoms with Gasteiger partial charge < -0.3 is 5.11 Å². The van der Waals surface area contributed by atoms with Crippen molar-refractivity contribution < 1.29 is 9.90 Å². The maximum atomic E-state index is 10.9. The van der Waals surface area contributed by atoms with Gasteiger partial charge in [0.2, 0.25) is 0 Å². The summed E-state index contributed by atoms with van der Waals surface area (Å²) in [5.74, 6) is 4.21. The highest BCUT2D eigenvalue weighted by Crippen LogP contribution is 2.19. The summed E-state index contributed by atoms with van der Waals surface area (Å²) in [6.07, 6.45) is 0. The molecular weight excluding hydrogens is 204 g/mol. The summed E-state index contributed by atoms with van der Waals surface area (Å²) in [7, 11) is 0. The van der Waals surface area contributed by atoms with Gasteiger partial charge in [-0.2, -0.15) is 0 Å². The highest BCUT2D eigenvalue weighted by atomic mass is 35.5. The van der Waals surface area contributed by atoms with Gasteiger partial charge in [-0.25, -0.2) is 10.2 Å². The van der Waals surface area contributed by atoms with Crippen LogP contribution in [-0.2, 0) is 10.3 Å². The molecule has 4 nitrogen and oxygen atoms in total. The van der Waals surface area contributed by atoms with Gasteiger partial charge in [-0.1, -0.05) is 30.3 Å². The predicted octanol–water partition coefficient (Wildman–Crippen LogP) is 0.871. The summed E-state index contributed by atoms with van der Waals surface area (Å²) in [6.45, 7) is 1.52. The molecule has 0 aliphatic heterocycles. The summed E-state index contributed by atoms with van der Waals surface area (Å²) in [6, 6.07) is 8.80. The molecule has 14 heavy (non-hydrogen) atoms. The topological polar surface area (TPSA) is 75.3 Å². The molecule has 0 aliphatic rings. The van der Waals surface area contributed by atoms with Crippen LogP contribution < -0.4 is 11.3 Å². The Morgan fingerprint density at radius 3 is 2.29 bits per heavy atom. The first kappa shape index (κ1) is 12.9. The molecule has 1 aromatic carbocycles. The first-order valence-corrected chi connectivity index (χ1v) is 3.88. The zero-order valence-electron chi connectivity index (χ0n) is 7.73. The Balaban J connectivity index is 0.00000169. The van der Waals surface area contributed by atoms with Crippen molar-refractivity contribution in [1.29, 1.82) is 0 Å². The van der Waals surface area contributed by atoms with Crippen molar-refractivity contribution in [2.45, 2.75) is 12.5 Å². The van der Waals surface area contributed by atoms with E-state index >= 15 is 0 Å². The van der Waals surface area contributed by atoms with Crippen LogP contribution in [0.4, 0.5) is 0 Å². The monoisotopic (exact) mass is 216 g/mol. The minimum absolute atomic E-state index is 0. The van der Waals surface area contributed by atoms with E-state index in [-0.39, 0.29) is 12.4 Å². The van der Waals surface area contributed by atoms with E-state index in [1.165, 1.54) is 6.92 Å². The van der Waals surface area contributed by atoms with Crippen molar-refractivity contribution in [3.8, 4) is 0 Å². The zero-order valence-corrected chi connectivity index (χ0v) is 8.54. The number of halogens is 1. The average molecular weight is 217 g/mol. The van der Waals surface area contributed by atoms with Crippen LogP contribution in [0.25, 0.3) is 0 Å². The fourth-order valence-electron chi connectivity index (χ4n) is 1.04. The number of nitrogens with two attached hydrogens (primary N) is 1. The average Bonchev–Trinajstić information content (AvgIpc) is 2.17. The Labute approximate surface area is 88.5 Å². The van der Waals surface area contributed by atoms with E-state index < -0.39 is 11.5 Å². The Kier molecular flexibility index (Phi) is 4.56. The van der Waals surface area contributed by atoms with Crippen molar-refractivity contribution >= 4 is 18.4 Å². The largest absolute Gasteiger partial charge is 0.480 e. The number of carbonyl (C=O) groups is 1. The molecule has 0 amide bonds. The third-order valence-electron chi connectivity index (χ3n) is 2.07. The lowest BCUT2D eigenvalue weighted by Crippen LogP contribution is -2.50. The zero-order chi connectivity index (χ0) is 9.90. The molecule has 1 rings (SSSR count). The second-order valence-corrected chi connectivity index (χ2v) is 2.94. The smallest absolute Gasteiger partial charge is 0.329 e. The van der Waals surface area contributed by atoms with E-state index in [1.807, 2.05) is 6.07 Å². The molecule has 0 spiro atoms. The minimum Gasteiger partial charge on any atom is -0.480 e. The van der Waals surface area contributed by atoms with Gasteiger partial charge >= 0.3 is 5.97 Å².